The van der Waals surface area contributed by atoms with Crippen molar-refractivity contribution in [3.63, 3.8) is 0 Å². The van der Waals surface area contributed by atoms with E-state index < -0.39 is 11.9 Å². The number of fused-ring (bicyclic) bond motifs is 3. The fourth-order valence-corrected chi connectivity index (χ4v) is 8.88. The molecule has 1 aromatic heterocycles. The molecule has 3 aliphatic rings. The van der Waals surface area contributed by atoms with Gasteiger partial charge in [0.1, 0.15) is 17.2 Å². The Morgan fingerprint density at radius 3 is 2.60 bits per heavy atom. The van der Waals surface area contributed by atoms with E-state index in [0.29, 0.717) is 5.92 Å². The molecule has 0 radical (unpaired) electrons. The van der Waals surface area contributed by atoms with Crippen LogP contribution in [0.1, 0.15) is 30.7 Å². The number of nitrogens with zero attached hydrogens (tertiary/aromatic N) is 2. The number of carboxylic acid groups (broad SMARTS) is 2. The number of carbonyl (C=O) groups excluding carboxylic acids is 1. The van der Waals surface area contributed by atoms with Crippen molar-refractivity contribution in [3.8, 4) is 0 Å². The van der Waals surface area contributed by atoms with Gasteiger partial charge in [0.2, 0.25) is 5.52 Å². The number of carbonyl (C=O) groups is 2. The lowest BCUT2D eigenvalue weighted by Crippen LogP contribution is -2.44. The average Bonchev–Trinajstić information content (AvgIpc) is 3.48. The van der Waals surface area contributed by atoms with Gasteiger partial charge >= 0.3 is 5.97 Å². The summed E-state index contributed by atoms with van der Waals surface area (Å²) in [6.45, 7) is -0.256. The molecule has 2 aromatic carbocycles. The highest BCUT2D eigenvalue weighted by Crippen LogP contribution is 2.48. The molecule has 0 amide bonds. The monoisotopic (exact) mass is 634 g/mol. The van der Waals surface area contributed by atoms with E-state index >= 15 is 0 Å². The first kappa shape index (κ1) is 29.2. The van der Waals surface area contributed by atoms with Crippen molar-refractivity contribution in [3.05, 3.63) is 81.4 Å². The van der Waals surface area contributed by atoms with Gasteiger partial charge in [0.25, 0.3) is 5.01 Å². The van der Waals surface area contributed by atoms with E-state index in [-0.39, 0.29) is 13.1 Å². The molecule has 0 fully saturated rings. The molecule has 1 aliphatic heterocycles. The number of allylic oxidation sites excluding steroid dienone is 6. The molecule has 0 saturated heterocycles. The molecular weight excluding hydrogens is 605 g/mol. The van der Waals surface area contributed by atoms with E-state index in [0.717, 1.165) is 66.3 Å². The number of aromatic nitrogens is 1. The Hall–Kier alpha value is -2.92. The number of rotatable bonds is 8. The molecule has 216 valence electrons. The number of thioether (sulfide) groups is 3. The number of thiazole rings is 1. The average molecular weight is 635 g/mol. The summed E-state index contributed by atoms with van der Waals surface area (Å²) in [5.41, 5.74) is 5.55. The number of aliphatic carboxylic acids is 2. The first-order valence-corrected chi connectivity index (χ1v) is 17.8. The highest BCUT2D eigenvalue weighted by molar-refractivity contribution is 8.03. The molecule has 42 heavy (non-hydrogen) atoms. The van der Waals surface area contributed by atoms with Crippen LogP contribution in [-0.4, -0.2) is 36.1 Å². The van der Waals surface area contributed by atoms with E-state index in [9.17, 15) is 19.8 Å². The second kappa shape index (κ2) is 12.4. The van der Waals surface area contributed by atoms with Gasteiger partial charge in [-0.1, -0.05) is 35.3 Å². The van der Waals surface area contributed by atoms with E-state index in [4.69, 9.17) is 0 Å². The molecule has 1 N–H and O–H groups in total. The Labute approximate surface area is 261 Å². The summed E-state index contributed by atoms with van der Waals surface area (Å²) in [5.74, 6) is -1.45. The first-order valence-electron chi connectivity index (χ1n) is 13.7. The quantitative estimate of drug-likeness (QED) is 0.226. The maximum Gasteiger partial charge on any atom is 0.323 e. The lowest BCUT2D eigenvalue weighted by molar-refractivity contribution is -0.663. The Kier molecular flexibility index (Phi) is 8.58. The summed E-state index contributed by atoms with van der Waals surface area (Å²) < 4.78 is 2.91. The first-order chi connectivity index (χ1) is 20.3. The van der Waals surface area contributed by atoms with Crippen molar-refractivity contribution in [2.75, 3.05) is 24.0 Å². The van der Waals surface area contributed by atoms with Crippen molar-refractivity contribution < 1.29 is 24.4 Å². The topological polar surface area (TPSA) is 84.6 Å². The highest BCUT2D eigenvalue weighted by Gasteiger charge is 2.29. The normalized spacial score (nSPS) is 20.0. The number of benzene rings is 2. The molecule has 0 saturated carbocycles. The van der Waals surface area contributed by atoms with Gasteiger partial charge in [-0.05, 0) is 97.2 Å². The van der Waals surface area contributed by atoms with Gasteiger partial charge in [-0.3, -0.25) is 4.79 Å². The lowest BCUT2D eigenvalue weighted by atomic mass is 9.77. The third-order valence-electron chi connectivity index (χ3n) is 7.81. The number of hydrogen-bond acceptors (Lipinski definition) is 8. The minimum absolute atomic E-state index is 0.0748. The van der Waals surface area contributed by atoms with Crippen molar-refractivity contribution in [2.45, 2.75) is 46.9 Å². The zero-order valence-electron chi connectivity index (χ0n) is 23.3. The van der Waals surface area contributed by atoms with E-state index in [1.807, 2.05) is 22.0 Å². The van der Waals surface area contributed by atoms with Crippen molar-refractivity contribution in [2.24, 2.45) is 5.92 Å². The van der Waals surface area contributed by atoms with Crippen LogP contribution in [0.4, 0.5) is 5.69 Å². The molecule has 0 spiro atoms. The molecule has 2 aliphatic carbocycles. The Morgan fingerprint density at radius 2 is 1.83 bits per heavy atom. The van der Waals surface area contributed by atoms with E-state index in [1.165, 1.54) is 16.7 Å². The summed E-state index contributed by atoms with van der Waals surface area (Å²) in [6, 6.07) is 12.4. The van der Waals surface area contributed by atoms with Gasteiger partial charge in [-0.2, -0.15) is 4.57 Å². The second-order valence-corrected chi connectivity index (χ2v) is 14.4. The minimum Gasteiger partial charge on any atom is -0.544 e. The molecule has 6 rings (SSSR count). The van der Waals surface area contributed by atoms with Crippen LogP contribution in [0.3, 0.4) is 0 Å². The fourth-order valence-electron chi connectivity index (χ4n) is 5.78. The Bertz CT molecular complexity index is 1720. The summed E-state index contributed by atoms with van der Waals surface area (Å²) in [4.78, 5) is 28.6. The molecule has 1 atom stereocenters. The Morgan fingerprint density at radius 1 is 1.07 bits per heavy atom. The minimum atomic E-state index is -1.10. The molecule has 0 bridgehead atoms. The zero-order valence-corrected chi connectivity index (χ0v) is 26.6. The van der Waals surface area contributed by atoms with E-state index in [2.05, 4.69) is 60.7 Å². The van der Waals surface area contributed by atoms with E-state index in [1.54, 1.807) is 46.6 Å². The molecule has 2 heterocycles. The summed E-state index contributed by atoms with van der Waals surface area (Å²) >= 11 is 6.52. The molecule has 3 aromatic rings. The molecule has 1 unspecified atom stereocenters. The zero-order chi connectivity index (χ0) is 29.4. The van der Waals surface area contributed by atoms with Crippen LogP contribution in [-0.2, 0) is 16.1 Å². The van der Waals surface area contributed by atoms with Gasteiger partial charge in [0.15, 0.2) is 6.54 Å². The maximum absolute atomic E-state index is 11.8. The van der Waals surface area contributed by atoms with Crippen LogP contribution < -0.4 is 14.6 Å². The largest absolute Gasteiger partial charge is 0.544 e. The van der Waals surface area contributed by atoms with Crippen molar-refractivity contribution in [1.82, 2.24) is 0 Å². The highest BCUT2D eigenvalue weighted by atomic mass is 32.2. The van der Waals surface area contributed by atoms with Gasteiger partial charge in [-0.15, -0.1) is 23.5 Å². The number of anilines is 1. The van der Waals surface area contributed by atoms with Gasteiger partial charge in [0, 0.05) is 26.8 Å². The van der Waals surface area contributed by atoms with Crippen LogP contribution >= 0.6 is 46.6 Å². The van der Waals surface area contributed by atoms with Gasteiger partial charge in [0.05, 0.1) is 10.7 Å². The van der Waals surface area contributed by atoms with Crippen LogP contribution in [0.2, 0.25) is 0 Å². The summed E-state index contributed by atoms with van der Waals surface area (Å²) in [5, 5.41) is 23.1. The predicted molar refractivity (Wildman–Crippen MR) is 172 cm³/mol. The maximum atomic E-state index is 11.8. The van der Waals surface area contributed by atoms with Crippen molar-refractivity contribution >= 4 is 80.5 Å². The number of carboxylic acids is 2. The summed E-state index contributed by atoms with van der Waals surface area (Å²) in [6.07, 6.45) is 16.9. The molecular formula is C32H30N2O4S4. The number of hydrogen-bond donors (Lipinski definition) is 1. The van der Waals surface area contributed by atoms with Crippen LogP contribution in [0.5, 0.6) is 0 Å². The predicted octanol–water partition coefficient (Wildman–Crippen LogP) is 6.36. The summed E-state index contributed by atoms with van der Waals surface area (Å²) in [7, 11) is 0. The fraction of sp³-hybridized carbons (Fsp3) is 0.281. The SMILES string of the molecule is CSc1ccc2c(c1)N(CC(=O)O)/C(=C/C1=CC3=C/C(=C/c4sc5ccc(SC)cc5[n+]4CC(=O)[O-])CCC3CC1)S2. The Balaban J connectivity index is 1.33. The third kappa shape index (κ3) is 6.08. The lowest BCUT2D eigenvalue weighted by Gasteiger charge is -2.28. The van der Waals surface area contributed by atoms with Gasteiger partial charge < -0.3 is 19.9 Å². The molecule has 10 heteroatoms. The standard InChI is InChI=1S/C32H30N2O4S4/c1-39-23-7-9-27-25(15-23)33(17-31(35)36)29(41-27)13-19-3-5-21-6-4-20(12-22(21)11-19)14-30-34(18-32(37)38)26-16-24(40-2)8-10-28(26)42-30/h7-16,21H,3-6,17-18H2,1-2H3,(H-,35,36,37,38). The third-order valence-corrected chi connectivity index (χ3v) is 11.5. The smallest absolute Gasteiger partial charge is 0.323 e. The van der Waals surface area contributed by atoms with Crippen molar-refractivity contribution in [1.29, 1.82) is 0 Å². The second-order valence-electron chi connectivity index (χ2n) is 10.5. The molecule has 6 nitrogen and oxygen atoms in total. The van der Waals surface area contributed by atoms with Crippen LogP contribution in [0.15, 0.2) is 91.1 Å². The van der Waals surface area contributed by atoms with Crippen LogP contribution in [0.25, 0.3) is 16.3 Å². The van der Waals surface area contributed by atoms with Crippen LogP contribution in [0, 0.1) is 5.92 Å². The van der Waals surface area contributed by atoms with Gasteiger partial charge in [-0.25, -0.2) is 0 Å².